The largest absolute Gasteiger partial charge is 0 e. The summed E-state index contributed by atoms with van der Waals surface area (Å²) < 4.78 is 0. The van der Waals surface area contributed by atoms with Gasteiger partial charge < -0.3 is 0 Å². The van der Waals surface area contributed by atoms with E-state index in [-0.39, 0.29) is 83.7 Å². The molecule has 0 nitrogen and oxygen atoms in total. The summed E-state index contributed by atoms with van der Waals surface area (Å²) in [5, 5.41) is 0. The van der Waals surface area contributed by atoms with E-state index < -0.39 is 0 Å². The van der Waals surface area contributed by atoms with Crippen LogP contribution in [0.3, 0.4) is 0 Å². The second-order valence-corrected chi connectivity index (χ2v) is 0. The van der Waals surface area contributed by atoms with Gasteiger partial charge in [-0.05, 0) is 0 Å². The van der Waals surface area contributed by atoms with E-state index in [9.17, 15) is 0 Å². The Hall–Kier alpha value is 2.71. The summed E-state index contributed by atoms with van der Waals surface area (Å²) in [6, 6.07) is 0. The van der Waals surface area contributed by atoms with E-state index in [1.807, 2.05) is 0 Å². The van der Waals surface area contributed by atoms with E-state index in [2.05, 4.69) is 0 Å². The molecule has 0 fully saturated rings. The van der Waals surface area contributed by atoms with Gasteiger partial charge in [-0.2, -0.15) is 0 Å². The quantitative estimate of drug-likeness (QED) is 0.428. The zero-order valence-electron chi connectivity index (χ0n) is 1.84. The van der Waals surface area contributed by atoms with Crippen molar-refractivity contribution in [2.24, 2.45) is 0 Å². The molecule has 0 aromatic rings. The first-order valence-electron chi connectivity index (χ1n) is 0. The predicted molar refractivity (Wildman–Crippen MR) is 9.94 cm³/mol. The van der Waals surface area contributed by atoms with Gasteiger partial charge >= 0.3 is 24.4 Å². The van der Waals surface area contributed by atoms with Crippen molar-refractivity contribution in [3.63, 3.8) is 0 Å². The number of rotatable bonds is 0. The predicted octanol–water partition coefficient (Wildman–Crippen LogP) is -1.19. The molecule has 0 bridgehead atoms. The number of hydrogen-bond acceptors (Lipinski definition) is 0. The summed E-state index contributed by atoms with van der Waals surface area (Å²) in [6.07, 6.45) is 0. The van der Waals surface area contributed by atoms with Gasteiger partial charge in [-0.1, -0.05) is 0 Å². The second-order valence-electron chi connectivity index (χ2n) is 0. The van der Waals surface area contributed by atoms with Crippen molar-refractivity contribution in [3.05, 3.63) is 0 Å². The number of hydrogen-bond donors (Lipinski definition) is 0. The molecule has 0 radical (unpaired) electrons. The van der Waals surface area contributed by atoms with Gasteiger partial charge in [0.25, 0.3) is 0 Å². The van der Waals surface area contributed by atoms with E-state index in [1.165, 1.54) is 0 Å². The Kier molecular flexibility index (Phi) is 128. The van der Waals surface area contributed by atoms with Crippen molar-refractivity contribution in [3.8, 4) is 0 Å². The van der Waals surface area contributed by atoms with Gasteiger partial charge in [-0.3, -0.25) is 0 Å². The molecule has 0 saturated heterocycles. The van der Waals surface area contributed by atoms with Crippen LogP contribution in [0.4, 0.5) is 0 Å². The minimum absolute atomic E-state index is 0. The normalized spacial score (nSPS) is 0. The van der Waals surface area contributed by atoms with Crippen molar-refractivity contribution >= 4 is 24.4 Å². The van der Waals surface area contributed by atoms with E-state index in [4.69, 9.17) is 0 Å². The van der Waals surface area contributed by atoms with Crippen LogP contribution in [0.1, 0.15) is 0 Å². The average Bonchev–Trinajstić information content (AvgIpc) is 0. The maximum absolute atomic E-state index is 0. The fourth-order valence-electron chi connectivity index (χ4n) is 0. The maximum atomic E-state index is 0. The molecule has 0 saturated carbocycles. The molecule has 0 N–H and O–H groups in total. The molecule has 0 aliphatic carbocycles. The summed E-state index contributed by atoms with van der Waals surface area (Å²) in [7, 11) is 0. The molecule has 4 heteroatoms. The van der Waals surface area contributed by atoms with Crippen LogP contribution in [0.25, 0.3) is 0 Å². The van der Waals surface area contributed by atoms with E-state index >= 15 is 0 Å². The Bertz CT molecular complexity index is 8.00. The van der Waals surface area contributed by atoms with E-state index in [0.717, 1.165) is 0 Å². The summed E-state index contributed by atoms with van der Waals surface area (Å²) in [5.41, 5.74) is 0. The summed E-state index contributed by atoms with van der Waals surface area (Å²) in [4.78, 5) is 0. The van der Waals surface area contributed by atoms with Crippen LogP contribution in [0.5, 0.6) is 0 Å². The third-order valence-corrected chi connectivity index (χ3v) is 0. The summed E-state index contributed by atoms with van der Waals surface area (Å²) in [6.45, 7) is 0. The molecule has 0 atom stereocenters. The Morgan fingerprint density at radius 3 is 1.00 bits per heavy atom. The van der Waals surface area contributed by atoms with Crippen LogP contribution in [-0.4, -0.2) is 24.4 Å². The molecule has 4 heavy (non-hydrogen) atoms. The first-order valence-corrected chi connectivity index (χ1v) is 0. The minimum Gasteiger partial charge on any atom is 0 e. The molecule has 0 amide bonds. The van der Waals surface area contributed by atoms with Crippen molar-refractivity contribution in [2.75, 3.05) is 0 Å². The molecule has 0 aliphatic rings. The Morgan fingerprint density at radius 2 is 1.00 bits per heavy atom. The van der Waals surface area contributed by atoms with Crippen molar-refractivity contribution < 1.29 is 59.3 Å². The summed E-state index contributed by atoms with van der Waals surface area (Å²) in [5.74, 6) is 0. The van der Waals surface area contributed by atoms with Crippen LogP contribution < -0.4 is 0 Å². The topological polar surface area (TPSA) is 0 Å². The van der Waals surface area contributed by atoms with Crippen LogP contribution in [0, 0.1) is 0 Å². The first-order chi connectivity index (χ1) is 0. The smallest absolute Gasteiger partial charge is 0 e. The van der Waals surface area contributed by atoms with Gasteiger partial charge in [0.15, 0.2) is 0 Å². The van der Waals surface area contributed by atoms with Gasteiger partial charge in [0.2, 0.25) is 0 Å². The SMILES string of the molecule is [Ni].[Pt].[SbH3].[Ti]. The first kappa shape index (κ1) is 29.8. The average molecular weight is 426 g/mol. The Morgan fingerprint density at radius 1 is 1.00 bits per heavy atom. The minimum atomic E-state index is 0. The molecule has 32 valence electrons. The van der Waals surface area contributed by atoms with Gasteiger partial charge in [-0.15, -0.1) is 0 Å². The maximum Gasteiger partial charge on any atom is 0 e. The molecular formula is H3NiPtSbTi. The fourth-order valence-corrected chi connectivity index (χ4v) is 0. The van der Waals surface area contributed by atoms with Crippen LogP contribution in [0.15, 0.2) is 0 Å². The molecule has 0 aliphatic heterocycles. The van der Waals surface area contributed by atoms with Gasteiger partial charge in [0.05, 0.1) is 0 Å². The third kappa shape index (κ3) is 8.83. The van der Waals surface area contributed by atoms with Gasteiger partial charge in [0, 0.05) is 59.3 Å². The Balaban J connectivity index is 0. The Labute approximate surface area is 82.4 Å². The molecular weight excluding hydrogens is 423 g/mol. The monoisotopic (exact) mass is 425 g/mol. The molecule has 0 rings (SSSR count). The van der Waals surface area contributed by atoms with Crippen LogP contribution in [-0.2, 0) is 59.3 Å². The fraction of sp³-hybridized carbons (Fsp3) is 0. The van der Waals surface area contributed by atoms with Crippen molar-refractivity contribution in [2.45, 2.75) is 0 Å². The van der Waals surface area contributed by atoms with Crippen molar-refractivity contribution in [1.82, 2.24) is 0 Å². The van der Waals surface area contributed by atoms with Gasteiger partial charge in [-0.25, -0.2) is 0 Å². The molecule has 0 aromatic carbocycles. The van der Waals surface area contributed by atoms with Crippen molar-refractivity contribution in [1.29, 1.82) is 0 Å². The van der Waals surface area contributed by atoms with Crippen LogP contribution in [0.2, 0.25) is 0 Å². The molecule has 0 heterocycles. The van der Waals surface area contributed by atoms with E-state index in [0.29, 0.717) is 0 Å². The third-order valence-electron chi connectivity index (χ3n) is 0. The summed E-state index contributed by atoms with van der Waals surface area (Å²) >= 11 is 0. The van der Waals surface area contributed by atoms with Crippen LogP contribution >= 0.6 is 0 Å². The van der Waals surface area contributed by atoms with E-state index in [1.54, 1.807) is 0 Å². The zero-order valence-corrected chi connectivity index (χ0v) is 10.7. The zero-order chi connectivity index (χ0) is 0. The molecule has 0 aromatic heterocycles. The molecule has 0 spiro atoms. The second kappa shape index (κ2) is 17.2. The van der Waals surface area contributed by atoms with Gasteiger partial charge in [0.1, 0.15) is 0 Å². The standard InChI is InChI=1S/Ni.Pt.Sb.Ti.3H. The molecule has 0 unspecified atom stereocenters.